The third-order valence-electron chi connectivity index (χ3n) is 1.65. The van der Waals surface area contributed by atoms with Crippen molar-refractivity contribution in [3.63, 3.8) is 0 Å². The Hall–Kier alpha value is -2.04. The summed E-state index contributed by atoms with van der Waals surface area (Å²) in [7, 11) is 0. The molecule has 11 heteroatoms. The minimum Gasteiger partial charge on any atom is -0.336 e. The van der Waals surface area contributed by atoms with Crippen LogP contribution in [0.5, 0.6) is 0 Å². The van der Waals surface area contributed by atoms with E-state index in [1.807, 2.05) is 0 Å². The fourth-order valence-corrected chi connectivity index (χ4v) is 0.572. The van der Waals surface area contributed by atoms with Gasteiger partial charge in [0.15, 0.2) is 0 Å². The monoisotopic (exact) mass is 288 g/mol. The molecule has 0 rings (SSSR count). The molecule has 0 saturated carbocycles. The van der Waals surface area contributed by atoms with E-state index in [0.717, 1.165) is 0 Å². The molecule has 0 fully saturated rings. The Balaban J connectivity index is 4.02. The van der Waals surface area contributed by atoms with Gasteiger partial charge in [-0.15, -0.1) is 5.48 Å². The Bertz CT molecular complexity index is 357. The number of nitrogens with one attached hydrogen (secondary N) is 1. The van der Waals surface area contributed by atoms with Gasteiger partial charge in [-0.25, -0.2) is 24.2 Å². The van der Waals surface area contributed by atoms with Crippen molar-refractivity contribution in [3.8, 4) is 0 Å². The predicted molar refractivity (Wildman–Crippen MR) is 50.7 cm³/mol. The van der Waals surface area contributed by atoms with Crippen LogP contribution in [0.15, 0.2) is 0 Å². The molecular formula is C8H11F3N2O6. The van der Waals surface area contributed by atoms with Gasteiger partial charge in [0.25, 0.3) is 0 Å². The van der Waals surface area contributed by atoms with Gasteiger partial charge in [0, 0.05) is 0 Å². The van der Waals surface area contributed by atoms with Gasteiger partial charge < -0.3 is 10.6 Å². The molecule has 0 aromatic rings. The highest BCUT2D eigenvalue weighted by Gasteiger charge is 2.43. The van der Waals surface area contributed by atoms with Crippen molar-refractivity contribution in [2.45, 2.75) is 26.1 Å². The molecule has 19 heavy (non-hydrogen) atoms. The quantitative estimate of drug-likeness (QED) is 0.549. The number of halogens is 3. The van der Waals surface area contributed by atoms with Crippen LogP contribution in [0.4, 0.5) is 18.0 Å². The number of alkyl halides is 3. The molecule has 0 saturated heterocycles. The summed E-state index contributed by atoms with van der Waals surface area (Å²) in [6.45, 7) is 3.19. The molecule has 110 valence electrons. The zero-order valence-corrected chi connectivity index (χ0v) is 9.82. The van der Waals surface area contributed by atoms with E-state index in [1.54, 1.807) is 13.8 Å². The van der Waals surface area contributed by atoms with Crippen molar-refractivity contribution < 1.29 is 42.2 Å². The van der Waals surface area contributed by atoms with Gasteiger partial charge >= 0.3 is 24.2 Å². The third kappa shape index (κ3) is 6.45. The van der Waals surface area contributed by atoms with E-state index >= 15 is 0 Å². The van der Waals surface area contributed by atoms with Crippen LogP contribution < -0.4 is 11.2 Å². The average Bonchev–Trinajstić information content (AvgIpc) is 2.30. The van der Waals surface area contributed by atoms with Crippen LogP contribution in [0, 0.1) is 5.92 Å². The Labute approximate surface area is 104 Å². The number of hydroxylamine groups is 1. The topological polar surface area (TPSA) is 117 Å². The minimum atomic E-state index is -5.32. The first-order chi connectivity index (χ1) is 8.55. The van der Waals surface area contributed by atoms with E-state index < -0.39 is 30.2 Å². The smallest absolute Gasteiger partial charge is 0.336 e. The zero-order valence-electron chi connectivity index (χ0n) is 9.82. The van der Waals surface area contributed by atoms with Crippen molar-refractivity contribution in [2.24, 2.45) is 11.7 Å². The molecular weight excluding hydrogens is 277 g/mol. The number of carbonyl (C=O) groups excluding carboxylic acids is 3. The summed E-state index contributed by atoms with van der Waals surface area (Å²) in [6, 6.07) is -1.06. The second-order valence-corrected chi connectivity index (χ2v) is 3.53. The average molecular weight is 288 g/mol. The van der Waals surface area contributed by atoms with Crippen LogP contribution in [-0.4, -0.2) is 30.2 Å². The second-order valence-electron chi connectivity index (χ2n) is 3.53. The molecule has 0 spiro atoms. The lowest BCUT2D eigenvalue weighted by Crippen LogP contribution is -2.41. The van der Waals surface area contributed by atoms with Crippen molar-refractivity contribution in [1.82, 2.24) is 5.48 Å². The van der Waals surface area contributed by atoms with E-state index in [-0.39, 0.29) is 5.92 Å². The lowest BCUT2D eigenvalue weighted by molar-refractivity contribution is -0.272. The molecule has 0 unspecified atom stereocenters. The van der Waals surface area contributed by atoms with Gasteiger partial charge in [0.2, 0.25) is 0 Å². The van der Waals surface area contributed by atoms with E-state index in [0.29, 0.717) is 0 Å². The minimum absolute atomic E-state index is 0.298. The van der Waals surface area contributed by atoms with E-state index in [4.69, 9.17) is 5.73 Å². The number of rotatable bonds is 2. The van der Waals surface area contributed by atoms with E-state index in [9.17, 15) is 27.6 Å². The molecule has 8 nitrogen and oxygen atoms in total. The zero-order chi connectivity index (χ0) is 15.2. The molecule has 1 atom stereocenters. The number of amides is 1. The summed E-state index contributed by atoms with van der Waals surface area (Å²) >= 11 is 0. The highest BCUT2D eigenvalue weighted by molar-refractivity contribution is 5.78. The first-order valence-electron chi connectivity index (χ1n) is 4.77. The van der Waals surface area contributed by atoms with Gasteiger partial charge in [-0.1, -0.05) is 13.8 Å². The van der Waals surface area contributed by atoms with Gasteiger partial charge in [-0.2, -0.15) is 13.2 Å². The first-order valence-corrected chi connectivity index (χ1v) is 4.77. The van der Waals surface area contributed by atoms with Crippen LogP contribution in [0.25, 0.3) is 0 Å². The molecule has 0 aromatic heterocycles. The molecule has 0 aliphatic rings. The van der Waals surface area contributed by atoms with Crippen LogP contribution in [0.1, 0.15) is 13.8 Å². The maximum absolute atomic E-state index is 11.6. The Morgan fingerprint density at radius 2 is 1.68 bits per heavy atom. The highest BCUT2D eigenvalue weighted by atomic mass is 19.4. The van der Waals surface area contributed by atoms with E-state index in [2.05, 4.69) is 14.6 Å². The fourth-order valence-electron chi connectivity index (χ4n) is 0.572. The largest absolute Gasteiger partial charge is 0.495 e. The SMILES string of the molecule is CC(C)[C@H](N)C(=O)ONC(=O)OOC(=O)C(F)(F)F. The number of hydrogen-bond acceptors (Lipinski definition) is 7. The summed E-state index contributed by atoms with van der Waals surface area (Å²) in [5, 5.41) is 0. The van der Waals surface area contributed by atoms with Gasteiger partial charge in [-0.3, -0.25) is 0 Å². The lowest BCUT2D eigenvalue weighted by atomic mass is 10.1. The Morgan fingerprint density at radius 3 is 2.11 bits per heavy atom. The molecule has 0 radical (unpaired) electrons. The number of hydrogen-bond donors (Lipinski definition) is 2. The number of nitrogens with two attached hydrogens (primary N) is 1. The number of carbonyl (C=O) groups is 3. The maximum atomic E-state index is 11.6. The van der Waals surface area contributed by atoms with Crippen molar-refractivity contribution in [2.75, 3.05) is 0 Å². The standard InChI is InChI=1S/C8H11F3N2O6/c1-3(2)4(12)5(14)17-13-7(16)19-18-6(15)8(9,10)11/h3-4H,12H2,1-2H3,(H,13,16)/t4-/m0/s1. The van der Waals surface area contributed by atoms with Crippen LogP contribution in [0.2, 0.25) is 0 Å². The fraction of sp³-hybridized carbons (Fsp3) is 0.625. The first kappa shape index (κ1) is 17.0. The summed E-state index contributed by atoms with van der Waals surface area (Å²) in [5.41, 5.74) is 6.61. The molecule has 3 N–H and O–H groups in total. The lowest BCUT2D eigenvalue weighted by Gasteiger charge is -2.13. The molecule has 0 aliphatic carbocycles. The van der Waals surface area contributed by atoms with Gasteiger partial charge in [0.05, 0.1) is 0 Å². The highest BCUT2D eigenvalue weighted by Crippen LogP contribution is 2.16. The maximum Gasteiger partial charge on any atom is 0.495 e. The molecule has 0 heterocycles. The Morgan fingerprint density at radius 1 is 1.16 bits per heavy atom. The van der Waals surface area contributed by atoms with Crippen LogP contribution >= 0.6 is 0 Å². The summed E-state index contributed by atoms with van der Waals surface area (Å²) in [5.74, 6) is -4.09. The van der Waals surface area contributed by atoms with Crippen LogP contribution in [-0.2, 0) is 24.2 Å². The third-order valence-corrected chi connectivity index (χ3v) is 1.65. The van der Waals surface area contributed by atoms with Crippen LogP contribution in [0.3, 0.4) is 0 Å². The summed E-state index contributed by atoms with van der Waals surface area (Å²) in [6.07, 6.45) is -7.06. The van der Waals surface area contributed by atoms with Crippen molar-refractivity contribution >= 4 is 18.0 Å². The van der Waals surface area contributed by atoms with Gasteiger partial charge in [-0.05, 0) is 5.92 Å². The van der Waals surface area contributed by atoms with Gasteiger partial charge in [0.1, 0.15) is 6.04 Å². The normalized spacial score (nSPS) is 12.6. The second kappa shape index (κ2) is 6.78. The molecule has 0 aliphatic heterocycles. The Kier molecular flexibility index (Phi) is 6.05. The summed E-state index contributed by atoms with van der Waals surface area (Å²) < 4.78 is 34.9. The van der Waals surface area contributed by atoms with Crippen molar-refractivity contribution in [3.05, 3.63) is 0 Å². The van der Waals surface area contributed by atoms with Crippen molar-refractivity contribution in [1.29, 1.82) is 0 Å². The van der Waals surface area contributed by atoms with E-state index in [1.165, 1.54) is 5.48 Å². The molecule has 0 aromatic carbocycles. The molecule has 1 amide bonds. The summed E-state index contributed by atoms with van der Waals surface area (Å²) in [4.78, 5) is 42.5. The predicted octanol–water partition coefficient (Wildman–Crippen LogP) is 0.175. The molecule has 0 bridgehead atoms.